The Kier molecular flexibility index (Phi) is 6.55. The molecule has 0 saturated carbocycles. The highest BCUT2D eigenvalue weighted by Crippen LogP contribution is 2.34. The van der Waals surface area contributed by atoms with Gasteiger partial charge in [-0.2, -0.15) is 5.10 Å². The van der Waals surface area contributed by atoms with Crippen molar-refractivity contribution in [2.24, 2.45) is 0 Å². The summed E-state index contributed by atoms with van der Waals surface area (Å²) in [6, 6.07) is 4.00. The second kappa shape index (κ2) is 10.1. The standard InChI is InChI=1S/C24H30N8O/c33-22(8-13-32-18-26-17-28-32)31-12-5-7-20(16-31)23-21(19-6-4-9-25-14-19)15-27-24(29-23)30-10-2-1-3-11-30/h4,6,9,14-15,17-18,20H,1-3,5,7-8,10-13,16H2. The van der Waals surface area contributed by atoms with Crippen molar-refractivity contribution in [2.45, 2.75) is 51.0 Å². The van der Waals surface area contributed by atoms with Crippen molar-refractivity contribution in [3.63, 3.8) is 0 Å². The number of anilines is 1. The minimum atomic E-state index is 0.156. The quantitative estimate of drug-likeness (QED) is 0.575. The summed E-state index contributed by atoms with van der Waals surface area (Å²) in [6.07, 6.45) is 14.8. The van der Waals surface area contributed by atoms with E-state index in [4.69, 9.17) is 9.97 Å². The number of pyridine rings is 1. The molecule has 5 rings (SSSR count). The number of aryl methyl sites for hydroxylation is 1. The minimum absolute atomic E-state index is 0.156. The summed E-state index contributed by atoms with van der Waals surface area (Å²) in [5.74, 6) is 1.14. The number of nitrogens with zero attached hydrogens (tertiary/aromatic N) is 8. The van der Waals surface area contributed by atoms with Crippen LogP contribution in [0.2, 0.25) is 0 Å². The van der Waals surface area contributed by atoms with Crippen LogP contribution in [0.1, 0.15) is 50.1 Å². The van der Waals surface area contributed by atoms with Gasteiger partial charge in [-0.25, -0.2) is 15.0 Å². The van der Waals surface area contributed by atoms with Gasteiger partial charge in [-0.3, -0.25) is 14.5 Å². The van der Waals surface area contributed by atoms with Crippen LogP contribution >= 0.6 is 0 Å². The lowest BCUT2D eigenvalue weighted by Gasteiger charge is -2.34. The largest absolute Gasteiger partial charge is 0.342 e. The lowest BCUT2D eigenvalue weighted by atomic mass is 9.90. The molecule has 0 bridgehead atoms. The third kappa shape index (κ3) is 5.02. The van der Waals surface area contributed by atoms with E-state index in [1.54, 1.807) is 17.2 Å². The molecule has 1 atom stereocenters. The third-order valence-electron chi connectivity index (χ3n) is 6.60. The molecule has 2 fully saturated rings. The summed E-state index contributed by atoms with van der Waals surface area (Å²) < 4.78 is 1.70. The van der Waals surface area contributed by atoms with E-state index in [1.165, 1.54) is 25.6 Å². The monoisotopic (exact) mass is 446 g/mol. The topological polar surface area (TPSA) is 92.9 Å². The summed E-state index contributed by atoms with van der Waals surface area (Å²) in [7, 11) is 0. The number of piperidine rings is 2. The Morgan fingerprint density at radius 3 is 2.76 bits per heavy atom. The predicted octanol–water partition coefficient (Wildman–Crippen LogP) is 2.92. The minimum Gasteiger partial charge on any atom is -0.342 e. The van der Waals surface area contributed by atoms with Gasteiger partial charge in [-0.15, -0.1) is 0 Å². The fourth-order valence-corrected chi connectivity index (χ4v) is 4.83. The molecule has 2 aliphatic rings. The van der Waals surface area contributed by atoms with E-state index in [-0.39, 0.29) is 11.8 Å². The molecule has 172 valence electrons. The van der Waals surface area contributed by atoms with Crippen LogP contribution in [-0.2, 0) is 11.3 Å². The summed E-state index contributed by atoms with van der Waals surface area (Å²) in [6.45, 7) is 4.03. The highest BCUT2D eigenvalue weighted by atomic mass is 16.2. The van der Waals surface area contributed by atoms with Gasteiger partial charge in [-0.1, -0.05) is 6.07 Å². The second-order valence-corrected chi connectivity index (χ2v) is 8.85. The molecular weight excluding hydrogens is 416 g/mol. The SMILES string of the molecule is O=C(CCn1cncn1)N1CCCC(c2nc(N3CCCCC3)ncc2-c2cccnc2)C1. The zero-order valence-electron chi connectivity index (χ0n) is 18.9. The zero-order chi connectivity index (χ0) is 22.5. The zero-order valence-corrected chi connectivity index (χ0v) is 18.9. The van der Waals surface area contributed by atoms with Crippen LogP contribution in [-0.4, -0.2) is 66.7 Å². The summed E-state index contributed by atoms with van der Waals surface area (Å²) in [5, 5.41) is 4.10. The summed E-state index contributed by atoms with van der Waals surface area (Å²) in [4.78, 5) is 35.3. The first kappa shape index (κ1) is 21.5. The van der Waals surface area contributed by atoms with Crippen LogP contribution in [0.3, 0.4) is 0 Å². The Morgan fingerprint density at radius 2 is 1.97 bits per heavy atom. The van der Waals surface area contributed by atoms with Crippen LogP contribution < -0.4 is 4.90 Å². The first-order valence-electron chi connectivity index (χ1n) is 11.9. The van der Waals surface area contributed by atoms with Crippen LogP contribution in [0.25, 0.3) is 11.1 Å². The Morgan fingerprint density at radius 1 is 1.06 bits per heavy atom. The number of likely N-dealkylation sites (tertiary alicyclic amines) is 1. The first-order chi connectivity index (χ1) is 16.3. The average molecular weight is 447 g/mol. The lowest BCUT2D eigenvalue weighted by molar-refractivity contribution is -0.132. The van der Waals surface area contributed by atoms with Crippen molar-refractivity contribution < 1.29 is 4.79 Å². The highest BCUT2D eigenvalue weighted by molar-refractivity contribution is 5.76. The van der Waals surface area contributed by atoms with Gasteiger partial charge < -0.3 is 9.80 Å². The van der Waals surface area contributed by atoms with Crippen molar-refractivity contribution in [3.8, 4) is 11.1 Å². The molecule has 0 N–H and O–H groups in total. The van der Waals surface area contributed by atoms with Gasteiger partial charge in [0.05, 0.1) is 12.2 Å². The number of carbonyl (C=O) groups is 1. The van der Waals surface area contributed by atoms with Crippen molar-refractivity contribution in [1.29, 1.82) is 0 Å². The van der Waals surface area contributed by atoms with Crippen molar-refractivity contribution >= 4 is 11.9 Å². The third-order valence-corrected chi connectivity index (χ3v) is 6.60. The van der Waals surface area contributed by atoms with E-state index in [0.29, 0.717) is 19.5 Å². The first-order valence-corrected chi connectivity index (χ1v) is 11.9. The summed E-state index contributed by atoms with van der Waals surface area (Å²) >= 11 is 0. The fourth-order valence-electron chi connectivity index (χ4n) is 4.83. The second-order valence-electron chi connectivity index (χ2n) is 8.85. The molecule has 33 heavy (non-hydrogen) atoms. The van der Waals surface area contributed by atoms with Gasteiger partial charge in [0.1, 0.15) is 12.7 Å². The molecule has 0 aliphatic carbocycles. The maximum absolute atomic E-state index is 13.0. The van der Waals surface area contributed by atoms with Crippen LogP contribution in [0.5, 0.6) is 0 Å². The van der Waals surface area contributed by atoms with Gasteiger partial charge in [-0.05, 0) is 38.2 Å². The molecule has 0 spiro atoms. The molecule has 1 unspecified atom stereocenters. The van der Waals surface area contributed by atoms with Crippen molar-refractivity contribution in [2.75, 3.05) is 31.1 Å². The molecule has 5 heterocycles. The van der Waals surface area contributed by atoms with E-state index >= 15 is 0 Å². The van der Waals surface area contributed by atoms with Crippen LogP contribution in [0.15, 0.2) is 43.4 Å². The van der Waals surface area contributed by atoms with E-state index in [0.717, 1.165) is 55.2 Å². The average Bonchev–Trinajstić information content (AvgIpc) is 3.42. The molecular formula is C24H30N8O. The molecule has 0 aromatic carbocycles. The smallest absolute Gasteiger partial charge is 0.225 e. The number of rotatable bonds is 6. The van der Waals surface area contributed by atoms with E-state index in [1.807, 2.05) is 23.4 Å². The highest BCUT2D eigenvalue weighted by Gasteiger charge is 2.29. The maximum Gasteiger partial charge on any atom is 0.225 e. The maximum atomic E-state index is 13.0. The molecule has 9 nitrogen and oxygen atoms in total. The Labute approximate surface area is 193 Å². The fraction of sp³-hybridized carbons (Fsp3) is 0.500. The Hall–Kier alpha value is -3.36. The van der Waals surface area contributed by atoms with Gasteiger partial charge in [0.25, 0.3) is 0 Å². The Bertz CT molecular complexity index is 1050. The molecule has 2 saturated heterocycles. The molecule has 9 heteroatoms. The van der Waals surface area contributed by atoms with Crippen LogP contribution in [0, 0.1) is 0 Å². The number of hydrogen-bond donors (Lipinski definition) is 0. The number of amides is 1. The van der Waals surface area contributed by atoms with E-state index in [9.17, 15) is 4.79 Å². The van der Waals surface area contributed by atoms with Gasteiger partial charge in [0, 0.05) is 68.2 Å². The van der Waals surface area contributed by atoms with Crippen LogP contribution in [0.4, 0.5) is 5.95 Å². The van der Waals surface area contributed by atoms with E-state index in [2.05, 4.69) is 26.0 Å². The molecule has 0 radical (unpaired) electrons. The van der Waals surface area contributed by atoms with Crippen molar-refractivity contribution in [3.05, 3.63) is 49.1 Å². The number of carbonyl (C=O) groups excluding carboxylic acids is 1. The summed E-state index contributed by atoms with van der Waals surface area (Å²) in [5.41, 5.74) is 3.07. The van der Waals surface area contributed by atoms with Crippen molar-refractivity contribution in [1.82, 2.24) is 34.6 Å². The molecule has 3 aromatic heterocycles. The molecule has 3 aromatic rings. The van der Waals surface area contributed by atoms with Gasteiger partial charge >= 0.3 is 0 Å². The predicted molar refractivity (Wildman–Crippen MR) is 125 cm³/mol. The molecule has 2 aliphatic heterocycles. The van der Waals surface area contributed by atoms with Gasteiger partial charge in [0.15, 0.2) is 0 Å². The van der Waals surface area contributed by atoms with Gasteiger partial charge in [0.2, 0.25) is 11.9 Å². The van der Waals surface area contributed by atoms with E-state index < -0.39 is 0 Å². The number of aromatic nitrogens is 6. The lowest BCUT2D eigenvalue weighted by Crippen LogP contribution is -2.40. The normalized spacial score (nSPS) is 19.0. The molecule has 1 amide bonds. The Balaban J connectivity index is 1.38. The number of hydrogen-bond acceptors (Lipinski definition) is 7.